The van der Waals surface area contributed by atoms with Gasteiger partial charge in [-0.25, -0.2) is 4.79 Å². The first-order valence-corrected chi connectivity index (χ1v) is 9.36. The number of rotatable bonds is 3. The fourth-order valence-corrected chi connectivity index (χ4v) is 3.48. The van der Waals surface area contributed by atoms with E-state index in [1.807, 2.05) is 17.8 Å². The average molecular weight is 366 g/mol. The molecule has 0 aromatic heterocycles. The molecule has 0 radical (unpaired) electrons. The van der Waals surface area contributed by atoms with Crippen LogP contribution in [0.1, 0.15) is 15.9 Å². The van der Waals surface area contributed by atoms with Gasteiger partial charge < -0.3 is 15.5 Å². The highest BCUT2D eigenvalue weighted by atomic mass is 32.2. The molecule has 0 bridgehead atoms. The number of hydrogen-bond donors (Lipinski definition) is 2. The van der Waals surface area contributed by atoms with Gasteiger partial charge in [-0.1, -0.05) is 12.1 Å². The van der Waals surface area contributed by atoms with E-state index < -0.39 is 0 Å². The van der Waals surface area contributed by atoms with Crippen LogP contribution in [0.4, 0.5) is 16.2 Å². The Morgan fingerprint density at radius 2 is 1.69 bits per heavy atom. The minimum Gasteiger partial charge on any atom is -0.323 e. The molecule has 0 unspecified atom stereocenters. The maximum atomic E-state index is 12.4. The van der Waals surface area contributed by atoms with Gasteiger partial charge >= 0.3 is 6.03 Å². The van der Waals surface area contributed by atoms with Crippen LogP contribution in [0.15, 0.2) is 48.5 Å². The number of nitriles is 1. The Morgan fingerprint density at radius 1 is 1.00 bits per heavy atom. The van der Waals surface area contributed by atoms with E-state index in [1.54, 1.807) is 53.4 Å². The van der Waals surface area contributed by atoms with Crippen molar-refractivity contribution in [1.29, 1.82) is 5.26 Å². The Morgan fingerprint density at radius 3 is 2.42 bits per heavy atom. The Kier molecular flexibility index (Phi) is 5.77. The number of carbonyl (C=O) groups excluding carboxylic acids is 2. The molecule has 7 heteroatoms. The van der Waals surface area contributed by atoms with Crippen molar-refractivity contribution < 1.29 is 9.59 Å². The number of anilines is 2. The molecule has 0 spiro atoms. The summed E-state index contributed by atoms with van der Waals surface area (Å²) in [6.07, 6.45) is 0. The zero-order chi connectivity index (χ0) is 18.4. The van der Waals surface area contributed by atoms with Crippen molar-refractivity contribution in [2.24, 2.45) is 0 Å². The molecule has 0 atom stereocenters. The van der Waals surface area contributed by atoms with Gasteiger partial charge in [0.2, 0.25) is 0 Å². The van der Waals surface area contributed by atoms with Gasteiger partial charge in [0.25, 0.3) is 5.91 Å². The third kappa shape index (κ3) is 4.55. The van der Waals surface area contributed by atoms with Crippen LogP contribution in [-0.4, -0.2) is 41.4 Å². The van der Waals surface area contributed by atoms with E-state index >= 15 is 0 Å². The normalized spacial score (nSPS) is 13.6. The highest BCUT2D eigenvalue weighted by Crippen LogP contribution is 2.16. The molecule has 132 valence electrons. The summed E-state index contributed by atoms with van der Waals surface area (Å²) in [5, 5.41) is 14.5. The number of thioether (sulfide) groups is 1. The summed E-state index contributed by atoms with van der Waals surface area (Å²) in [6.45, 7) is 1.46. The van der Waals surface area contributed by atoms with Crippen molar-refractivity contribution in [1.82, 2.24) is 4.90 Å². The largest absolute Gasteiger partial charge is 0.323 e. The molecule has 3 rings (SSSR count). The smallest absolute Gasteiger partial charge is 0.321 e. The second-order valence-corrected chi connectivity index (χ2v) is 6.98. The van der Waals surface area contributed by atoms with E-state index in [4.69, 9.17) is 5.26 Å². The van der Waals surface area contributed by atoms with Gasteiger partial charge in [0.05, 0.1) is 11.6 Å². The van der Waals surface area contributed by atoms with E-state index in [-0.39, 0.29) is 11.9 Å². The van der Waals surface area contributed by atoms with Crippen LogP contribution in [0.5, 0.6) is 0 Å². The predicted octanol–water partition coefficient (Wildman–Crippen LogP) is 3.39. The lowest BCUT2D eigenvalue weighted by Gasteiger charge is -2.26. The first kappa shape index (κ1) is 17.8. The quantitative estimate of drug-likeness (QED) is 0.872. The fraction of sp³-hybridized carbons (Fsp3) is 0.211. The number of amides is 3. The van der Waals surface area contributed by atoms with E-state index in [2.05, 4.69) is 10.6 Å². The highest BCUT2D eigenvalue weighted by Gasteiger charge is 2.17. The second kappa shape index (κ2) is 8.41. The molecule has 1 heterocycles. The van der Waals surface area contributed by atoms with Crippen LogP contribution < -0.4 is 10.6 Å². The molecule has 1 aliphatic rings. The molecule has 26 heavy (non-hydrogen) atoms. The molecule has 1 saturated heterocycles. The number of urea groups is 1. The summed E-state index contributed by atoms with van der Waals surface area (Å²) in [6, 6.07) is 15.4. The number of benzene rings is 2. The lowest BCUT2D eigenvalue weighted by atomic mass is 10.1. The van der Waals surface area contributed by atoms with Crippen LogP contribution in [0.3, 0.4) is 0 Å². The molecule has 0 saturated carbocycles. The molecule has 2 aromatic rings. The SMILES string of the molecule is N#Cc1cccc(NC(=O)c2cccc(NC(=O)N3CCSCC3)c2)c1. The monoisotopic (exact) mass is 366 g/mol. The van der Waals surface area contributed by atoms with Gasteiger partial charge in [-0.15, -0.1) is 0 Å². The fourth-order valence-electron chi connectivity index (χ4n) is 2.58. The number of nitrogens with one attached hydrogen (secondary N) is 2. The summed E-state index contributed by atoms with van der Waals surface area (Å²) in [7, 11) is 0. The molecule has 2 N–H and O–H groups in total. The molecular weight excluding hydrogens is 348 g/mol. The van der Waals surface area contributed by atoms with Crippen molar-refractivity contribution in [3.8, 4) is 6.07 Å². The van der Waals surface area contributed by atoms with Gasteiger partial charge in [-0.2, -0.15) is 17.0 Å². The molecule has 1 fully saturated rings. The lowest BCUT2D eigenvalue weighted by Crippen LogP contribution is -2.40. The van der Waals surface area contributed by atoms with E-state index in [0.29, 0.717) is 22.5 Å². The zero-order valence-electron chi connectivity index (χ0n) is 14.1. The Bertz CT molecular complexity index is 857. The average Bonchev–Trinajstić information content (AvgIpc) is 2.69. The van der Waals surface area contributed by atoms with Crippen LogP contribution in [0.25, 0.3) is 0 Å². The number of nitrogens with zero attached hydrogens (tertiary/aromatic N) is 2. The van der Waals surface area contributed by atoms with Crippen molar-refractivity contribution in [2.75, 3.05) is 35.2 Å². The van der Waals surface area contributed by atoms with E-state index in [0.717, 1.165) is 24.6 Å². The Balaban J connectivity index is 1.67. The molecular formula is C19H18N4O2S. The molecule has 6 nitrogen and oxygen atoms in total. The zero-order valence-corrected chi connectivity index (χ0v) is 14.9. The summed E-state index contributed by atoms with van der Waals surface area (Å²) in [5.74, 6) is 1.58. The van der Waals surface area contributed by atoms with Crippen molar-refractivity contribution in [2.45, 2.75) is 0 Å². The van der Waals surface area contributed by atoms with Crippen molar-refractivity contribution >= 4 is 35.1 Å². The first-order chi connectivity index (χ1) is 12.7. The molecule has 1 aliphatic heterocycles. The molecule has 0 aliphatic carbocycles. The summed E-state index contributed by atoms with van der Waals surface area (Å²) < 4.78 is 0. The Labute approximate surface area is 156 Å². The molecule has 3 amide bonds. The van der Waals surface area contributed by atoms with Crippen LogP contribution in [0, 0.1) is 11.3 Å². The van der Waals surface area contributed by atoms with Crippen LogP contribution in [-0.2, 0) is 0 Å². The van der Waals surface area contributed by atoms with Gasteiger partial charge in [0.15, 0.2) is 0 Å². The minimum absolute atomic E-state index is 0.149. The maximum absolute atomic E-state index is 12.4. The van der Waals surface area contributed by atoms with Gasteiger partial charge in [0, 0.05) is 41.5 Å². The first-order valence-electron chi connectivity index (χ1n) is 8.21. The Hall–Kier alpha value is -2.98. The lowest BCUT2D eigenvalue weighted by molar-refractivity contribution is 0.102. The third-order valence-corrected chi connectivity index (χ3v) is 4.87. The topological polar surface area (TPSA) is 85.2 Å². The third-order valence-electron chi connectivity index (χ3n) is 3.92. The molecule has 2 aromatic carbocycles. The number of carbonyl (C=O) groups is 2. The maximum Gasteiger partial charge on any atom is 0.321 e. The summed E-state index contributed by atoms with van der Waals surface area (Å²) >= 11 is 1.84. The number of hydrogen-bond acceptors (Lipinski definition) is 4. The van der Waals surface area contributed by atoms with Crippen LogP contribution >= 0.6 is 11.8 Å². The van der Waals surface area contributed by atoms with E-state index in [1.165, 1.54) is 0 Å². The predicted molar refractivity (Wildman–Crippen MR) is 103 cm³/mol. The van der Waals surface area contributed by atoms with Gasteiger partial charge in [0.1, 0.15) is 0 Å². The summed E-state index contributed by atoms with van der Waals surface area (Å²) in [5.41, 5.74) is 2.03. The summed E-state index contributed by atoms with van der Waals surface area (Å²) in [4.78, 5) is 26.5. The standard InChI is InChI=1S/C19H18N4O2S/c20-13-14-3-1-5-16(11-14)21-18(24)15-4-2-6-17(12-15)22-19(25)23-7-9-26-10-8-23/h1-6,11-12H,7-10H2,(H,21,24)(H,22,25). The van der Waals surface area contributed by atoms with Crippen LogP contribution in [0.2, 0.25) is 0 Å². The van der Waals surface area contributed by atoms with E-state index in [9.17, 15) is 9.59 Å². The van der Waals surface area contributed by atoms with Crippen molar-refractivity contribution in [3.05, 3.63) is 59.7 Å². The van der Waals surface area contributed by atoms with Gasteiger partial charge in [-0.05, 0) is 36.4 Å². The minimum atomic E-state index is -0.300. The van der Waals surface area contributed by atoms with Gasteiger partial charge in [-0.3, -0.25) is 4.79 Å². The van der Waals surface area contributed by atoms with Crippen molar-refractivity contribution in [3.63, 3.8) is 0 Å². The second-order valence-electron chi connectivity index (χ2n) is 5.76. The highest BCUT2D eigenvalue weighted by molar-refractivity contribution is 7.99.